The average Bonchev–Trinajstić information content (AvgIpc) is 2.83. The van der Waals surface area contributed by atoms with Crippen molar-refractivity contribution in [3.63, 3.8) is 0 Å². The molecule has 0 spiro atoms. The van der Waals surface area contributed by atoms with Gasteiger partial charge in [-0.2, -0.15) is 0 Å². The molecular formula is C8H9BrO5. The van der Waals surface area contributed by atoms with Crippen LogP contribution in [0.5, 0.6) is 0 Å². The Kier molecular flexibility index (Phi) is 2.94. The van der Waals surface area contributed by atoms with Crippen molar-refractivity contribution in [2.45, 2.75) is 4.32 Å². The van der Waals surface area contributed by atoms with Gasteiger partial charge < -0.3 is 14.3 Å². The zero-order chi connectivity index (χ0) is 10.9. The number of hydrogen-bond acceptors (Lipinski definition) is 5. The summed E-state index contributed by atoms with van der Waals surface area (Å²) in [6.45, 7) is 0. The summed E-state index contributed by atoms with van der Waals surface area (Å²) in [5.41, 5.74) is 0. The van der Waals surface area contributed by atoms with Crippen molar-refractivity contribution >= 4 is 34.2 Å². The molecule has 6 heteroatoms. The van der Waals surface area contributed by atoms with Crippen molar-refractivity contribution in [1.82, 2.24) is 0 Å². The molecule has 0 amide bonds. The first-order chi connectivity index (χ1) is 6.52. The minimum atomic E-state index is -1.15. The molecule has 0 aliphatic heterocycles. The molecule has 0 aromatic heterocycles. The van der Waals surface area contributed by atoms with E-state index in [0.717, 1.165) is 0 Å². The zero-order valence-corrected chi connectivity index (χ0v) is 9.24. The van der Waals surface area contributed by atoms with Crippen molar-refractivity contribution in [3.8, 4) is 0 Å². The lowest BCUT2D eigenvalue weighted by Crippen LogP contribution is -2.13. The highest BCUT2D eigenvalue weighted by Gasteiger charge is 2.72. The van der Waals surface area contributed by atoms with Crippen LogP contribution in [0.15, 0.2) is 0 Å². The first kappa shape index (κ1) is 11.2. The number of halogens is 1. The van der Waals surface area contributed by atoms with Crippen molar-refractivity contribution in [3.05, 3.63) is 0 Å². The summed E-state index contributed by atoms with van der Waals surface area (Å²) in [7, 11) is 2.40. The summed E-state index contributed by atoms with van der Waals surface area (Å²) >= 11 is 3.03. The van der Waals surface area contributed by atoms with E-state index in [2.05, 4.69) is 25.4 Å². The van der Waals surface area contributed by atoms with Crippen LogP contribution in [0.25, 0.3) is 0 Å². The summed E-state index contributed by atoms with van der Waals surface area (Å²) < 4.78 is 7.78. The predicted octanol–water partition coefficient (Wildman–Crippen LogP) is -0.0890. The summed E-state index contributed by atoms with van der Waals surface area (Å²) in [4.78, 5) is 33.0. The molecule has 0 aromatic carbocycles. The molecule has 1 aliphatic rings. The van der Waals surface area contributed by atoms with E-state index in [0.29, 0.717) is 6.29 Å². The van der Waals surface area contributed by atoms with E-state index in [1.54, 1.807) is 0 Å². The molecule has 0 aromatic rings. The fourth-order valence-electron chi connectivity index (χ4n) is 1.41. The third kappa shape index (κ3) is 1.43. The highest BCUT2D eigenvalue weighted by atomic mass is 79.9. The number of carbonyl (C=O) groups is 3. The van der Waals surface area contributed by atoms with E-state index in [-0.39, 0.29) is 0 Å². The van der Waals surface area contributed by atoms with Crippen LogP contribution in [0.2, 0.25) is 0 Å². The molecular weight excluding hydrogens is 256 g/mol. The minimum Gasteiger partial charge on any atom is -0.469 e. The molecule has 1 saturated carbocycles. The normalized spacial score (nSPS) is 34.5. The topological polar surface area (TPSA) is 69.7 Å². The van der Waals surface area contributed by atoms with Crippen molar-refractivity contribution in [2.24, 2.45) is 11.8 Å². The molecule has 0 bridgehead atoms. The standard InChI is InChI=1S/C8H9BrO5/c1-13-6(11)4-5(7(12)14-2)8(4,9)3-10/h3-5H,1-2H3/t4-,5-/m1/s1. The van der Waals surface area contributed by atoms with Crippen LogP contribution in [0.1, 0.15) is 0 Å². The lowest BCUT2D eigenvalue weighted by Gasteiger charge is -1.96. The third-order valence-electron chi connectivity index (χ3n) is 2.27. The van der Waals surface area contributed by atoms with E-state index in [9.17, 15) is 14.4 Å². The molecule has 2 atom stereocenters. The van der Waals surface area contributed by atoms with Crippen molar-refractivity contribution in [2.75, 3.05) is 14.2 Å². The van der Waals surface area contributed by atoms with Crippen molar-refractivity contribution < 1.29 is 23.9 Å². The van der Waals surface area contributed by atoms with Crippen LogP contribution in [0, 0.1) is 11.8 Å². The van der Waals surface area contributed by atoms with Gasteiger partial charge in [-0.25, -0.2) is 0 Å². The molecule has 5 nitrogen and oxygen atoms in total. The monoisotopic (exact) mass is 264 g/mol. The van der Waals surface area contributed by atoms with Gasteiger partial charge in [-0.05, 0) is 0 Å². The predicted molar refractivity (Wildman–Crippen MR) is 48.7 cm³/mol. The molecule has 78 valence electrons. The minimum absolute atomic E-state index is 0.524. The molecule has 0 heterocycles. The quantitative estimate of drug-likeness (QED) is 0.405. The Morgan fingerprint density at radius 1 is 1.21 bits per heavy atom. The number of alkyl halides is 1. The maximum absolute atomic E-state index is 11.2. The Balaban J connectivity index is 2.84. The van der Waals surface area contributed by atoms with E-state index in [1.165, 1.54) is 14.2 Å². The second kappa shape index (κ2) is 3.68. The number of aldehydes is 1. The Bertz CT molecular complexity index is 265. The fourth-order valence-corrected chi connectivity index (χ4v) is 2.18. The number of methoxy groups -OCH3 is 2. The van der Waals surface area contributed by atoms with Gasteiger partial charge in [0.25, 0.3) is 0 Å². The summed E-state index contributed by atoms with van der Waals surface area (Å²) in [6, 6.07) is 0. The van der Waals surface area contributed by atoms with E-state index in [4.69, 9.17) is 0 Å². The highest BCUT2D eigenvalue weighted by molar-refractivity contribution is 9.10. The van der Waals surface area contributed by atoms with Gasteiger partial charge in [-0.1, -0.05) is 15.9 Å². The van der Waals surface area contributed by atoms with Gasteiger partial charge in [0.2, 0.25) is 0 Å². The second-order valence-electron chi connectivity index (χ2n) is 2.95. The SMILES string of the molecule is COC(=O)[C@H]1[C@H](C(=O)OC)C1(Br)C=O. The summed E-state index contributed by atoms with van der Waals surface area (Å²) in [5, 5.41) is 0. The van der Waals surface area contributed by atoms with Crippen LogP contribution in [0.4, 0.5) is 0 Å². The van der Waals surface area contributed by atoms with Gasteiger partial charge in [0, 0.05) is 0 Å². The van der Waals surface area contributed by atoms with Crippen LogP contribution in [0.3, 0.4) is 0 Å². The first-order valence-electron chi connectivity index (χ1n) is 3.83. The number of carbonyl (C=O) groups excluding carboxylic acids is 3. The van der Waals surface area contributed by atoms with Gasteiger partial charge in [0.1, 0.15) is 10.6 Å². The molecule has 1 fully saturated rings. The molecule has 0 unspecified atom stereocenters. The van der Waals surface area contributed by atoms with Gasteiger partial charge in [0.15, 0.2) is 0 Å². The number of rotatable bonds is 3. The van der Waals surface area contributed by atoms with Crippen LogP contribution in [-0.4, -0.2) is 36.8 Å². The number of ether oxygens (including phenoxy) is 2. The van der Waals surface area contributed by atoms with Crippen LogP contribution < -0.4 is 0 Å². The largest absolute Gasteiger partial charge is 0.469 e. The maximum atomic E-state index is 11.2. The lowest BCUT2D eigenvalue weighted by atomic mass is 10.3. The maximum Gasteiger partial charge on any atom is 0.311 e. The van der Waals surface area contributed by atoms with Gasteiger partial charge in [0.05, 0.1) is 26.1 Å². The molecule has 0 N–H and O–H groups in total. The average molecular weight is 265 g/mol. The second-order valence-corrected chi connectivity index (χ2v) is 4.32. The Labute approximate surface area is 88.9 Å². The van der Waals surface area contributed by atoms with Gasteiger partial charge >= 0.3 is 11.9 Å². The van der Waals surface area contributed by atoms with Gasteiger partial charge in [-0.3, -0.25) is 9.59 Å². The lowest BCUT2D eigenvalue weighted by molar-refractivity contribution is -0.148. The number of hydrogen-bond donors (Lipinski definition) is 0. The van der Waals surface area contributed by atoms with Crippen LogP contribution >= 0.6 is 15.9 Å². The smallest absolute Gasteiger partial charge is 0.311 e. The molecule has 0 radical (unpaired) electrons. The first-order valence-corrected chi connectivity index (χ1v) is 4.63. The fraction of sp³-hybridized carbons (Fsp3) is 0.625. The van der Waals surface area contributed by atoms with Gasteiger partial charge in [-0.15, -0.1) is 0 Å². The summed E-state index contributed by atoms with van der Waals surface area (Å²) in [5.74, 6) is -2.75. The Morgan fingerprint density at radius 2 is 1.57 bits per heavy atom. The Hall–Kier alpha value is -0.910. The molecule has 1 rings (SSSR count). The van der Waals surface area contributed by atoms with Crippen LogP contribution in [-0.2, 0) is 23.9 Å². The number of esters is 2. The third-order valence-corrected chi connectivity index (χ3v) is 3.44. The summed E-state index contributed by atoms with van der Waals surface area (Å²) in [6.07, 6.45) is 0.524. The van der Waals surface area contributed by atoms with Crippen molar-refractivity contribution in [1.29, 1.82) is 0 Å². The molecule has 0 saturated heterocycles. The van der Waals surface area contributed by atoms with E-state index >= 15 is 0 Å². The molecule has 14 heavy (non-hydrogen) atoms. The highest BCUT2D eigenvalue weighted by Crippen LogP contribution is 2.56. The van der Waals surface area contributed by atoms with E-state index in [1.807, 2.05) is 0 Å². The van der Waals surface area contributed by atoms with E-state index < -0.39 is 28.1 Å². The Morgan fingerprint density at radius 3 is 1.79 bits per heavy atom. The molecule has 1 aliphatic carbocycles. The zero-order valence-electron chi connectivity index (χ0n) is 7.65.